The van der Waals surface area contributed by atoms with E-state index >= 15 is 0 Å². The van der Waals surface area contributed by atoms with E-state index in [0.29, 0.717) is 18.4 Å². The van der Waals surface area contributed by atoms with Gasteiger partial charge in [-0.05, 0) is 24.7 Å². The molecule has 1 unspecified atom stereocenters. The largest absolute Gasteiger partial charge is 0.348 e. The number of hydrogen-bond acceptors (Lipinski definition) is 3. The molecular formula is C10H15N3O2. The lowest BCUT2D eigenvalue weighted by Gasteiger charge is -2.10. The Labute approximate surface area is 88.8 Å². The number of hydrogen-bond donors (Lipinski definition) is 2. The molecule has 5 nitrogen and oxygen atoms in total. The molecule has 2 amide bonds. The first kappa shape index (κ1) is 11.5. The highest BCUT2D eigenvalue weighted by atomic mass is 16.2. The van der Waals surface area contributed by atoms with Crippen LogP contribution < -0.4 is 10.6 Å². The second kappa shape index (κ2) is 5.35. The van der Waals surface area contributed by atoms with E-state index in [-0.39, 0.29) is 6.54 Å². The first-order chi connectivity index (χ1) is 7.15. The van der Waals surface area contributed by atoms with Gasteiger partial charge in [-0.2, -0.15) is 5.26 Å². The molecule has 82 valence electrons. The molecule has 0 aliphatic heterocycles. The monoisotopic (exact) mass is 209 g/mol. The molecule has 1 fully saturated rings. The van der Waals surface area contributed by atoms with Crippen LogP contribution in [0.1, 0.15) is 19.8 Å². The maximum Gasteiger partial charge on any atom is 0.310 e. The third kappa shape index (κ3) is 3.98. The molecule has 1 saturated carbocycles. The molecule has 1 aliphatic rings. The molecule has 5 heteroatoms. The summed E-state index contributed by atoms with van der Waals surface area (Å²) in [5.74, 6) is -0.262. The van der Waals surface area contributed by atoms with Crippen LogP contribution in [0.5, 0.6) is 0 Å². The van der Waals surface area contributed by atoms with E-state index in [1.807, 2.05) is 0 Å². The molecule has 2 N–H and O–H groups in total. The summed E-state index contributed by atoms with van der Waals surface area (Å²) < 4.78 is 0. The van der Waals surface area contributed by atoms with Crippen LogP contribution in [0.15, 0.2) is 0 Å². The van der Waals surface area contributed by atoms with Gasteiger partial charge in [0.1, 0.15) is 6.54 Å². The molecule has 1 aliphatic carbocycles. The molecule has 0 radical (unpaired) electrons. The Morgan fingerprint density at radius 3 is 2.53 bits per heavy atom. The lowest BCUT2D eigenvalue weighted by molar-refractivity contribution is -0.139. The molecule has 1 rings (SSSR count). The Kier molecular flexibility index (Phi) is 4.10. The molecule has 0 spiro atoms. The SMILES string of the molecule is CC(CNC(=O)C(=O)NCC#N)C1CC1. The molecule has 0 aromatic rings. The van der Waals surface area contributed by atoms with Gasteiger partial charge in [0.15, 0.2) is 0 Å². The number of nitrogens with zero attached hydrogens (tertiary/aromatic N) is 1. The van der Waals surface area contributed by atoms with E-state index in [1.165, 1.54) is 12.8 Å². The van der Waals surface area contributed by atoms with Crippen molar-refractivity contribution < 1.29 is 9.59 Å². The molecule has 0 aromatic heterocycles. The molecule has 0 heterocycles. The molecule has 1 atom stereocenters. The van der Waals surface area contributed by atoms with Gasteiger partial charge in [-0.25, -0.2) is 0 Å². The van der Waals surface area contributed by atoms with Crippen molar-refractivity contribution in [1.82, 2.24) is 10.6 Å². The van der Waals surface area contributed by atoms with Crippen molar-refractivity contribution in [2.45, 2.75) is 19.8 Å². The predicted octanol–water partition coefficient (Wildman–Crippen LogP) is -0.212. The van der Waals surface area contributed by atoms with Gasteiger partial charge >= 0.3 is 11.8 Å². The van der Waals surface area contributed by atoms with E-state index in [9.17, 15) is 9.59 Å². The van der Waals surface area contributed by atoms with E-state index in [1.54, 1.807) is 6.07 Å². The number of carbonyl (C=O) groups is 2. The van der Waals surface area contributed by atoms with E-state index < -0.39 is 11.8 Å². The van der Waals surface area contributed by atoms with Crippen molar-refractivity contribution in [2.24, 2.45) is 11.8 Å². The first-order valence-corrected chi connectivity index (χ1v) is 5.08. The summed E-state index contributed by atoms with van der Waals surface area (Å²) in [7, 11) is 0. The number of rotatable bonds is 4. The van der Waals surface area contributed by atoms with Crippen LogP contribution in [-0.4, -0.2) is 24.9 Å². The number of amides is 2. The fourth-order valence-electron chi connectivity index (χ4n) is 1.37. The van der Waals surface area contributed by atoms with Crippen LogP contribution in [0, 0.1) is 23.2 Å². The van der Waals surface area contributed by atoms with Crippen LogP contribution in [-0.2, 0) is 9.59 Å². The summed E-state index contributed by atoms with van der Waals surface area (Å²) in [4.78, 5) is 22.2. The van der Waals surface area contributed by atoms with Crippen LogP contribution >= 0.6 is 0 Å². The summed E-state index contributed by atoms with van der Waals surface area (Å²) in [6, 6.07) is 1.73. The van der Waals surface area contributed by atoms with Crippen LogP contribution in [0.25, 0.3) is 0 Å². The Bertz CT molecular complexity index is 292. The van der Waals surface area contributed by atoms with Crippen molar-refractivity contribution >= 4 is 11.8 Å². The molecule has 15 heavy (non-hydrogen) atoms. The quantitative estimate of drug-likeness (QED) is 0.496. The van der Waals surface area contributed by atoms with Gasteiger partial charge in [0, 0.05) is 6.54 Å². The standard InChI is InChI=1S/C10H15N3O2/c1-7(8-2-3-8)6-13-10(15)9(14)12-5-4-11/h7-8H,2-3,5-6H2,1H3,(H,12,14)(H,13,15). The van der Waals surface area contributed by atoms with Gasteiger partial charge in [0.25, 0.3) is 0 Å². The second-order valence-electron chi connectivity index (χ2n) is 3.87. The van der Waals surface area contributed by atoms with Gasteiger partial charge in [-0.3, -0.25) is 9.59 Å². The zero-order valence-electron chi connectivity index (χ0n) is 8.75. The lowest BCUT2D eigenvalue weighted by Crippen LogP contribution is -2.41. The average Bonchev–Trinajstić information content (AvgIpc) is 3.05. The maximum absolute atomic E-state index is 11.2. The van der Waals surface area contributed by atoms with E-state index in [4.69, 9.17) is 5.26 Å². The molecular weight excluding hydrogens is 194 g/mol. The summed E-state index contributed by atoms with van der Waals surface area (Å²) in [5.41, 5.74) is 0. The lowest BCUT2D eigenvalue weighted by atomic mass is 10.1. The number of carbonyl (C=O) groups excluding carboxylic acids is 2. The van der Waals surface area contributed by atoms with E-state index in [2.05, 4.69) is 17.6 Å². The summed E-state index contributed by atoms with van der Waals surface area (Å²) in [5, 5.41) is 12.9. The smallest absolute Gasteiger partial charge is 0.310 e. The minimum Gasteiger partial charge on any atom is -0.348 e. The Hall–Kier alpha value is -1.57. The van der Waals surface area contributed by atoms with Crippen molar-refractivity contribution in [3.8, 4) is 6.07 Å². The zero-order chi connectivity index (χ0) is 11.3. The Morgan fingerprint density at radius 1 is 1.40 bits per heavy atom. The van der Waals surface area contributed by atoms with Crippen LogP contribution in [0.2, 0.25) is 0 Å². The second-order valence-corrected chi connectivity index (χ2v) is 3.87. The third-order valence-electron chi connectivity index (χ3n) is 2.55. The van der Waals surface area contributed by atoms with Gasteiger partial charge in [0.2, 0.25) is 0 Å². The van der Waals surface area contributed by atoms with E-state index in [0.717, 1.165) is 0 Å². The highest BCUT2D eigenvalue weighted by Crippen LogP contribution is 2.35. The van der Waals surface area contributed by atoms with Crippen molar-refractivity contribution in [1.29, 1.82) is 5.26 Å². The predicted molar refractivity (Wildman–Crippen MR) is 53.5 cm³/mol. The fourth-order valence-corrected chi connectivity index (χ4v) is 1.37. The summed E-state index contributed by atoms with van der Waals surface area (Å²) >= 11 is 0. The molecule has 0 bridgehead atoms. The average molecular weight is 209 g/mol. The Morgan fingerprint density at radius 2 is 2.00 bits per heavy atom. The number of nitrogens with one attached hydrogen (secondary N) is 2. The van der Waals surface area contributed by atoms with Crippen molar-refractivity contribution in [3.63, 3.8) is 0 Å². The summed E-state index contributed by atoms with van der Waals surface area (Å²) in [6.07, 6.45) is 2.44. The van der Waals surface area contributed by atoms with Crippen molar-refractivity contribution in [3.05, 3.63) is 0 Å². The highest BCUT2D eigenvalue weighted by molar-refractivity contribution is 6.35. The van der Waals surface area contributed by atoms with Gasteiger partial charge in [0.05, 0.1) is 6.07 Å². The normalized spacial score (nSPS) is 16.3. The molecule has 0 saturated heterocycles. The molecule has 0 aromatic carbocycles. The zero-order valence-corrected chi connectivity index (χ0v) is 8.75. The highest BCUT2D eigenvalue weighted by Gasteiger charge is 2.28. The van der Waals surface area contributed by atoms with Gasteiger partial charge in [-0.1, -0.05) is 6.92 Å². The number of nitriles is 1. The van der Waals surface area contributed by atoms with Gasteiger partial charge in [-0.15, -0.1) is 0 Å². The van der Waals surface area contributed by atoms with Crippen LogP contribution in [0.4, 0.5) is 0 Å². The van der Waals surface area contributed by atoms with Crippen molar-refractivity contribution in [2.75, 3.05) is 13.1 Å². The fraction of sp³-hybridized carbons (Fsp3) is 0.700. The van der Waals surface area contributed by atoms with Gasteiger partial charge < -0.3 is 10.6 Å². The van der Waals surface area contributed by atoms with Crippen LogP contribution in [0.3, 0.4) is 0 Å². The Balaban J connectivity index is 2.17. The summed E-state index contributed by atoms with van der Waals surface area (Å²) in [6.45, 7) is 2.46. The first-order valence-electron chi connectivity index (χ1n) is 5.08. The minimum absolute atomic E-state index is 0.134. The topological polar surface area (TPSA) is 82.0 Å². The third-order valence-corrected chi connectivity index (χ3v) is 2.55. The maximum atomic E-state index is 11.2. The minimum atomic E-state index is -0.737.